The van der Waals surface area contributed by atoms with Crippen molar-refractivity contribution in [2.24, 2.45) is 0 Å². The molecule has 1 heterocycles. The van der Waals surface area contributed by atoms with Crippen LogP contribution in [0.1, 0.15) is 18.1 Å². The van der Waals surface area contributed by atoms with Crippen LogP contribution in [0.4, 0.5) is 4.39 Å². The molecule has 0 bridgehead atoms. The number of hydrogen-bond acceptors (Lipinski definition) is 1. The van der Waals surface area contributed by atoms with Crippen molar-refractivity contribution in [3.63, 3.8) is 0 Å². The second-order valence-corrected chi connectivity index (χ2v) is 6.07. The quantitative estimate of drug-likeness (QED) is 0.540. The van der Waals surface area contributed by atoms with Crippen LogP contribution < -0.4 is 0 Å². The molecule has 3 aromatic rings. The lowest BCUT2D eigenvalue weighted by Crippen LogP contribution is -2.05. The van der Waals surface area contributed by atoms with Gasteiger partial charge in [0, 0.05) is 0 Å². The number of para-hydroxylation sites is 2. The molecule has 1 atom stereocenters. The fourth-order valence-electron chi connectivity index (χ4n) is 2.29. The highest BCUT2D eigenvalue weighted by Crippen LogP contribution is 2.34. The average Bonchev–Trinajstić information content (AvgIpc) is 2.80. The number of benzene rings is 2. The molecule has 0 amide bonds. The van der Waals surface area contributed by atoms with Crippen molar-refractivity contribution >= 4 is 45.8 Å². The van der Waals surface area contributed by atoms with Gasteiger partial charge in [-0.15, -0.1) is 11.6 Å². The zero-order chi connectivity index (χ0) is 15.1. The van der Waals surface area contributed by atoms with Crippen molar-refractivity contribution in [1.29, 1.82) is 0 Å². The predicted octanol–water partition coefficient (Wildman–Crippen LogP) is 5.77. The third-order valence-electron chi connectivity index (χ3n) is 3.18. The summed E-state index contributed by atoms with van der Waals surface area (Å²) in [6, 6.07) is 9.84. The van der Waals surface area contributed by atoms with E-state index in [0.29, 0.717) is 21.9 Å². The summed E-state index contributed by atoms with van der Waals surface area (Å²) in [5.41, 5.74) is 1.46. The van der Waals surface area contributed by atoms with Crippen LogP contribution >= 0.6 is 34.8 Å². The lowest BCUT2D eigenvalue weighted by atomic mass is 10.2. The van der Waals surface area contributed by atoms with Crippen LogP contribution in [-0.4, -0.2) is 9.55 Å². The van der Waals surface area contributed by atoms with Gasteiger partial charge in [0.2, 0.25) is 0 Å². The highest BCUT2D eigenvalue weighted by Gasteiger charge is 2.21. The van der Waals surface area contributed by atoms with Crippen molar-refractivity contribution in [3.8, 4) is 5.69 Å². The van der Waals surface area contributed by atoms with Gasteiger partial charge in [-0.2, -0.15) is 0 Å². The molecule has 0 spiro atoms. The van der Waals surface area contributed by atoms with E-state index in [0.717, 1.165) is 0 Å². The van der Waals surface area contributed by atoms with Gasteiger partial charge in [-0.1, -0.05) is 35.3 Å². The molecule has 21 heavy (non-hydrogen) atoms. The number of nitrogens with zero attached hydrogens (tertiary/aromatic N) is 2. The third-order valence-corrected chi connectivity index (χ3v) is 3.98. The predicted molar refractivity (Wildman–Crippen MR) is 85.3 cm³/mol. The van der Waals surface area contributed by atoms with Crippen LogP contribution in [0.2, 0.25) is 10.0 Å². The largest absolute Gasteiger partial charge is 0.291 e. The van der Waals surface area contributed by atoms with Gasteiger partial charge in [0.1, 0.15) is 22.8 Å². The molecule has 0 aliphatic heterocycles. The first-order chi connectivity index (χ1) is 10.0. The van der Waals surface area contributed by atoms with Gasteiger partial charge in [0.05, 0.1) is 20.9 Å². The zero-order valence-corrected chi connectivity index (χ0v) is 13.2. The molecule has 0 saturated heterocycles. The van der Waals surface area contributed by atoms with Crippen LogP contribution in [0, 0.1) is 5.82 Å². The highest BCUT2D eigenvalue weighted by molar-refractivity contribution is 6.35. The molecule has 2 nitrogen and oxygen atoms in total. The minimum absolute atomic E-state index is 0.228. The number of aromatic nitrogens is 2. The monoisotopic (exact) mass is 342 g/mol. The number of halogens is 4. The molecule has 0 aliphatic carbocycles. The Hall–Kier alpha value is -1.29. The van der Waals surface area contributed by atoms with Crippen LogP contribution in [0.3, 0.4) is 0 Å². The number of fused-ring (bicyclic) bond motifs is 1. The van der Waals surface area contributed by atoms with E-state index in [2.05, 4.69) is 4.98 Å². The molecule has 1 unspecified atom stereocenters. The summed E-state index contributed by atoms with van der Waals surface area (Å²) >= 11 is 18.5. The molecule has 3 rings (SSSR count). The number of rotatable bonds is 2. The van der Waals surface area contributed by atoms with E-state index in [1.807, 2.05) is 0 Å². The van der Waals surface area contributed by atoms with Gasteiger partial charge in [-0.25, -0.2) is 9.37 Å². The maximum absolute atomic E-state index is 14.3. The smallest absolute Gasteiger partial charge is 0.148 e. The van der Waals surface area contributed by atoms with E-state index >= 15 is 0 Å². The van der Waals surface area contributed by atoms with E-state index in [1.165, 1.54) is 6.07 Å². The SMILES string of the molecule is CC(Cl)c1nc2c(Cl)cccc2n1-c1c(F)cccc1Cl. The standard InChI is InChI=1S/C15H10Cl3FN2/c1-8(16)15-20-13-9(17)4-3-7-12(13)21(15)14-10(18)5-2-6-11(14)19/h2-8H,1H3. The second-order valence-electron chi connectivity index (χ2n) is 4.60. The normalized spacial score (nSPS) is 12.8. The fraction of sp³-hybridized carbons (Fsp3) is 0.133. The summed E-state index contributed by atoms with van der Waals surface area (Å²) in [7, 11) is 0. The second kappa shape index (κ2) is 5.48. The van der Waals surface area contributed by atoms with Gasteiger partial charge < -0.3 is 0 Å². The Balaban J connectivity index is 2.46. The van der Waals surface area contributed by atoms with Crippen molar-refractivity contribution in [2.45, 2.75) is 12.3 Å². The highest BCUT2D eigenvalue weighted by atomic mass is 35.5. The molecular weight excluding hydrogens is 334 g/mol. The molecular formula is C15H10Cl3FN2. The number of hydrogen-bond donors (Lipinski definition) is 0. The Morgan fingerprint density at radius 1 is 1.10 bits per heavy atom. The van der Waals surface area contributed by atoms with E-state index in [4.69, 9.17) is 34.8 Å². The van der Waals surface area contributed by atoms with E-state index in [9.17, 15) is 4.39 Å². The lowest BCUT2D eigenvalue weighted by Gasteiger charge is -2.13. The fourth-order valence-corrected chi connectivity index (χ4v) is 2.89. The summed E-state index contributed by atoms with van der Waals surface area (Å²) in [6.07, 6.45) is 0. The van der Waals surface area contributed by atoms with Crippen molar-refractivity contribution < 1.29 is 4.39 Å². The van der Waals surface area contributed by atoms with Crippen LogP contribution in [0.25, 0.3) is 16.7 Å². The Morgan fingerprint density at radius 3 is 2.43 bits per heavy atom. The molecule has 6 heteroatoms. The molecule has 0 saturated carbocycles. The van der Waals surface area contributed by atoms with Gasteiger partial charge in [0.15, 0.2) is 0 Å². The van der Waals surface area contributed by atoms with E-state index in [-0.39, 0.29) is 10.7 Å². The topological polar surface area (TPSA) is 17.8 Å². The Labute approximate surface area is 136 Å². The maximum Gasteiger partial charge on any atom is 0.148 e. The van der Waals surface area contributed by atoms with Gasteiger partial charge in [-0.05, 0) is 31.2 Å². The molecule has 0 radical (unpaired) electrons. The van der Waals surface area contributed by atoms with E-state index in [1.54, 1.807) is 41.8 Å². The minimum atomic E-state index is -0.444. The molecule has 2 aromatic carbocycles. The van der Waals surface area contributed by atoms with Gasteiger partial charge >= 0.3 is 0 Å². The number of imidazole rings is 1. The van der Waals surface area contributed by atoms with Crippen LogP contribution in [0.5, 0.6) is 0 Å². The maximum atomic E-state index is 14.3. The lowest BCUT2D eigenvalue weighted by molar-refractivity contribution is 0.616. The molecule has 0 aliphatic rings. The van der Waals surface area contributed by atoms with Crippen molar-refractivity contribution in [3.05, 3.63) is 58.1 Å². The molecule has 1 aromatic heterocycles. The van der Waals surface area contributed by atoms with Gasteiger partial charge in [-0.3, -0.25) is 4.57 Å². The number of alkyl halides is 1. The average molecular weight is 344 g/mol. The zero-order valence-electron chi connectivity index (χ0n) is 10.9. The summed E-state index contributed by atoms with van der Waals surface area (Å²) < 4.78 is 15.9. The summed E-state index contributed by atoms with van der Waals surface area (Å²) in [6.45, 7) is 1.77. The first-order valence-corrected chi connectivity index (χ1v) is 7.45. The molecule has 0 fully saturated rings. The van der Waals surface area contributed by atoms with E-state index < -0.39 is 11.2 Å². The Morgan fingerprint density at radius 2 is 1.76 bits per heavy atom. The molecule has 0 N–H and O–H groups in total. The summed E-state index contributed by atoms with van der Waals surface area (Å²) in [5.74, 6) is 0.0482. The summed E-state index contributed by atoms with van der Waals surface area (Å²) in [4.78, 5) is 4.44. The Bertz CT molecular complexity index is 807. The van der Waals surface area contributed by atoms with Gasteiger partial charge in [0.25, 0.3) is 0 Å². The third kappa shape index (κ3) is 2.39. The minimum Gasteiger partial charge on any atom is -0.291 e. The van der Waals surface area contributed by atoms with Crippen molar-refractivity contribution in [2.75, 3.05) is 0 Å². The summed E-state index contributed by atoms with van der Waals surface area (Å²) in [5, 5.41) is 0.342. The first-order valence-electron chi connectivity index (χ1n) is 6.26. The first kappa shape index (κ1) is 14.6. The molecule has 108 valence electrons. The van der Waals surface area contributed by atoms with Crippen molar-refractivity contribution in [1.82, 2.24) is 9.55 Å². The van der Waals surface area contributed by atoms with Crippen LogP contribution in [-0.2, 0) is 0 Å². The Kier molecular flexibility index (Phi) is 3.82. The van der Waals surface area contributed by atoms with Crippen LogP contribution in [0.15, 0.2) is 36.4 Å².